The van der Waals surface area contributed by atoms with Crippen molar-refractivity contribution in [3.8, 4) is 0 Å². The SMILES string of the molecule is CCOC(=O)c1ccc(CNc2nc3ccccc3n(C3CC4CCC(C3)N4C3CCCCCCC3)c2=O)o1. The Balaban J connectivity index is 1.24. The summed E-state index contributed by atoms with van der Waals surface area (Å²) < 4.78 is 12.7. The van der Waals surface area contributed by atoms with Crippen LogP contribution in [-0.2, 0) is 11.3 Å². The van der Waals surface area contributed by atoms with E-state index in [9.17, 15) is 9.59 Å². The van der Waals surface area contributed by atoms with Crippen molar-refractivity contribution in [2.24, 2.45) is 0 Å². The lowest BCUT2D eigenvalue weighted by atomic mass is 9.89. The number of hydrogen-bond donors (Lipinski definition) is 1. The quantitative estimate of drug-likeness (QED) is 0.370. The molecule has 6 rings (SSSR count). The van der Waals surface area contributed by atoms with Gasteiger partial charge in [-0.3, -0.25) is 9.69 Å². The number of hydrogen-bond acceptors (Lipinski definition) is 7. The van der Waals surface area contributed by atoms with Gasteiger partial charge in [0.05, 0.1) is 24.2 Å². The molecule has 3 aromatic rings. The van der Waals surface area contributed by atoms with Gasteiger partial charge in [-0.2, -0.15) is 0 Å². The third kappa shape index (κ3) is 5.36. The van der Waals surface area contributed by atoms with Gasteiger partial charge in [-0.25, -0.2) is 9.78 Å². The molecule has 4 heterocycles. The summed E-state index contributed by atoms with van der Waals surface area (Å²) in [7, 11) is 0. The number of nitrogens with zero attached hydrogens (tertiary/aromatic N) is 3. The summed E-state index contributed by atoms with van der Waals surface area (Å²) in [5.41, 5.74) is 1.62. The van der Waals surface area contributed by atoms with Crippen molar-refractivity contribution in [2.75, 3.05) is 11.9 Å². The van der Waals surface area contributed by atoms with E-state index in [4.69, 9.17) is 9.15 Å². The topological polar surface area (TPSA) is 89.6 Å². The van der Waals surface area contributed by atoms with E-state index < -0.39 is 5.97 Å². The third-order valence-corrected chi connectivity index (χ3v) is 8.99. The summed E-state index contributed by atoms with van der Waals surface area (Å²) in [5.74, 6) is 0.529. The normalized spacial score (nSPS) is 24.4. The number of furan rings is 1. The van der Waals surface area contributed by atoms with E-state index in [1.54, 1.807) is 19.1 Å². The van der Waals surface area contributed by atoms with Crippen molar-refractivity contribution >= 4 is 22.8 Å². The van der Waals surface area contributed by atoms with Crippen molar-refractivity contribution in [2.45, 2.75) is 108 Å². The number of fused-ring (bicyclic) bond motifs is 3. The van der Waals surface area contributed by atoms with Crippen LogP contribution in [-0.4, -0.2) is 45.2 Å². The molecule has 1 saturated carbocycles. The van der Waals surface area contributed by atoms with E-state index in [0.29, 0.717) is 29.7 Å². The first kappa shape index (κ1) is 26.1. The number of anilines is 1. The summed E-state index contributed by atoms with van der Waals surface area (Å²) in [5, 5.41) is 3.20. The molecule has 1 aliphatic carbocycles. The van der Waals surface area contributed by atoms with E-state index >= 15 is 0 Å². The molecule has 2 atom stereocenters. The molecule has 1 aromatic carbocycles. The molecule has 2 bridgehead atoms. The van der Waals surface area contributed by atoms with Gasteiger partial charge in [-0.05, 0) is 69.7 Å². The second-order valence-electron chi connectivity index (χ2n) is 11.4. The lowest BCUT2D eigenvalue weighted by molar-refractivity contribution is 0.0487. The van der Waals surface area contributed by atoms with Crippen molar-refractivity contribution in [1.82, 2.24) is 14.5 Å². The zero-order valence-corrected chi connectivity index (χ0v) is 22.9. The summed E-state index contributed by atoms with van der Waals surface area (Å²) in [6, 6.07) is 13.2. The number of carbonyl (C=O) groups excluding carboxylic acids is 1. The smallest absolute Gasteiger partial charge is 0.374 e. The summed E-state index contributed by atoms with van der Waals surface area (Å²) in [6.45, 7) is 2.30. The molecule has 2 unspecified atom stereocenters. The van der Waals surface area contributed by atoms with Crippen LogP contribution < -0.4 is 10.9 Å². The molecule has 0 amide bonds. The summed E-state index contributed by atoms with van der Waals surface area (Å²) in [6.07, 6.45) is 14.0. The predicted octanol–water partition coefficient (Wildman–Crippen LogP) is 6.06. The molecule has 2 saturated heterocycles. The average Bonchev–Trinajstić information content (AvgIpc) is 3.49. The Hall–Kier alpha value is -3.13. The van der Waals surface area contributed by atoms with E-state index in [1.807, 2.05) is 28.8 Å². The number of benzene rings is 1. The van der Waals surface area contributed by atoms with Gasteiger partial charge in [0.25, 0.3) is 5.56 Å². The number of ether oxygens (including phenoxy) is 1. The van der Waals surface area contributed by atoms with E-state index in [0.717, 1.165) is 23.9 Å². The maximum Gasteiger partial charge on any atom is 0.374 e. The molecule has 208 valence electrons. The van der Waals surface area contributed by atoms with Gasteiger partial charge in [0.1, 0.15) is 5.76 Å². The second kappa shape index (κ2) is 11.5. The van der Waals surface area contributed by atoms with Crippen molar-refractivity contribution in [3.63, 3.8) is 0 Å². The highest BCUT2D eigenvalue weighted by atomic mass is 16.5. The Morgan fingerprint density at radius 3 is 2.41 bits per heavy atom. The number of piperidine rings is 1. The molecule has 8 heteroatoms. The van der Waals surface area contributed by atoms with E-state index in [-0.39, 0.29) is 30.5 Å². The van der Waals surface area contributed by atoms with E-state index in [2.05, 4.69) is 15.2 Å². The molecule has 2 aliphatic heterocycles. The van der Waals surface area contributed by atoms with Crippen LogP contribution in [0.4, 0.5) is 5.82 Å². The third-order valence-electron chi connectivity index (χ3n) is 8.99. The highest BCUT2D eigenvalue weighted by Crippen LogP contribution is 2.44. The number of nitrogens with one attached hydrogen (secondary N) is 1. The maximum atomic E-state index is 13.9. The minimum absolute atomic E-state index is 0.0883. The molecule has 0 spiro atoms. The van der Waals surface area contributed by atoms with Gasteiger partial charge < -0.3 is 19.0 Å². The Morgan fingerprint density at radius 2 is 1.67 bits per heavy atom. The van der Waals surface area contributed by atoms with Gasteiger partial charge in [-0.1, -0.05) is 44.2 Å². The van der Waals surface area contributed by atoms with Crippen LogP contribution in [0.5, 0.6) is 0 Å². The molecule has 39 heavy (non-hydrogen) atoms. The zero-order valence-electron chi connectivity index (χ0n) is 22.9. The molecule has 2 aromatic heterocycles. The molecular formula is C31H40N4O4. The molecular weight excluding hydrogens is 492 g/mol. The number of carbonyl (C=O) groups is 1. The molecule has 3 fully saturated rings. The monoisotopic (exact) mass is 532 g/mol. The maximum absolute atomic E-state index is 13.9. The van der Waals surface area contributed by atoms with Crippen molar-refractivity contribution in [3.05, 3.63) is 58.3 Å². The number of aromatic nitrogens is 2. The van der Waals surface area contributed by atoms with Crippen LogP contribution in [0.25, 0.3) is 11.0 Å². The van der Waals surface area contributed by atoms with Crippen LogP contribution in [0, 0.1) is 0 Å². The fourth-order valence-corrected chi connectivity index (χ4v) is 7.31. The van der Waals surface area contributed by atoms with Crippen molar-refractivity contribution < 1.29 is 13.9 Å². The minimum atomic E-state index is -0.490. The Labute approximate surface area is 229 Å². The first-order chi connectivity index (χ1) is 19.1. The summed E-state index contributed by atoms with van der Waals surface area (Å²) in [4.78, 5) is 33.4. The standard InChI is InChI=1S/C31H40N4O4/c1-2-38-31(37)28-17-16-25(39-28)20-32-29-30(36)35(27-13-9-8-12-26(27)33-29)24-18-22-14-15-23(19-24)34(22)21-10-6-4-3-5-7-11-21/h8-9,12-13,16-17,21-24H,2-7,10-11,14-15,18-20H2,1H3,(H,32,33). The zero-order chi connectivity index (χ0) is 26.8. The number of esters is 1. The highest BCUT2D eigenvalue weighted by Gasteiger charge is 2.44. The Kier molecular flexibility index (Phi) is 7.73. The lowest BCUT2D eigenvalue weighted by Crippen LogP contribution is -2.50. The van der Waals surface area contributed by atoms with Crippen LogP contribution in [0.15, 0.2) is 45.6 Å². The molecule has 3 aliphatic rings. The van der Waals surface area contributed by atoms with Crippen LogP contribution in [0.3, 0.4) is 0 Å². The molecule has 1 N–H and O–H groups in total. The van der Waals surface area contributed by atoms with Gasteiger partial charge >= 0.3 is 5.97 Å². The molecule has 0 radical (unpaired) electrons. The predicted molar refractivity (Wildman–Crippen MR) is 151 cm³/mol. The van der Waals surface area contributed by atoms with Crippen molar-refractivity contribution in [1.29, 1.82) is 0 Å². The minimum Gasteiger partial charge on any atom is -0.460 e. The highest BCUT2D eigenvalue weighted by molar-refractivity contribution is 5.86. The van der Waals surface area contributed by atoms with E-state index in [1.165, 1.54) is 57.8 Å². The summed E-state index contributed by atoms with van der Waals surface area (Å²) >= 11 is 0. The van der Waals surface area contributed by atoms with Gasteiger partial charge in [-0.15, -0.1) is 0 Å². The Bertz CT molecular complexity index is 1340. The number of rotatable bonds is 7. The van der Waals surface area contributed by atoms with Gasteiger partial charge in [0.15, 0.2) is 5.82 Å². The van der Waals surface area contributed by atoms with Gasteiger partial charge in [0, 0.05) is 24.2 Å². The lowest BCUT2D eigenvalue weighted by Gasteiger charge is -2.45. The number of para-hydroxylation sites is 2. The van der Waals surface area contributed by atoms with Crippen LogP contribution >= 0.6 is 0 Å². The van der Waals surface area contributed by atoms with Crippen LogP contribution in [0.1, 0.15) is 99.9 Å². The first-order valence-corrected chi connectivity index (χ1v) is 14.9. The molecule has 8 nitrogen and oxygen atoms in total. The average molecular weight is 533 g/mol. The second-order valence-corrected chi connectivity index (χ2v) is 11.4. The first-order valence-electron chi connectivity index (χ1n) is 14.9. The fourth-order valence-electron chi connectivity index (χ4n) is 7.31. The van der Waals surface area contributed by atoms with Gasteiger partial charge in [0.2, 0.25) is 5.76 Å². The largest absolute Gasteiger partial charge is 0.460 e. The Morgan fingerprint density at radius 1 is 0.949 bits per heavy atom. The fraction of sp³-hybridized carbons (Fsp3) is 0.581. The van der Waals surface area contributed by atoms with Crippen LogP contribution in [0.2, 0.25) is 0 Å².